The van der Waals surface area contributed by atoms with Crippen molar-refractivity contribution in [2.75, 3.05) is 33.4 Å². The molecule has 2 rings (SSSR count). The molecule has 0 bridgehead atoms. The second-order valence-electron chi connectivity index (χ2n) is 4.98. The number of nitrogens with one attached hydrogen (secondary N) is 1. The van der Waals surface area contributed by atoms with Crippen molar-refractivity contribution < 1.29 is 19.4 Å². The number of carboxylic acids is 1. The van der Waals surface area contributed by atoms with Gasteiger partial charge >= 0.3 is 5.97 Å². The number of methoxy groups -OCH3 is 1. The van der Waals surface area contributed by atoms with E-state index in [-0.39, 0.29) is 19.0 Å². The average molecular weight is 292 g/mol. The van der Waals surface area contributed by atoms with Crippen molar-refractivity contribution in [3.63, 3.8) is 0 Å². The Hall–Kier alpha value is -1.92. The van der Waals surface area contributed by atoms with Gasteiger partial charge in [0.25, 0.3) is 5.91 Å². The minimum Gasteiger partial charge on any atom is -0.480 e. The van der Waals surface area contributed by atoms with Gasteiger partial charge < -0.3 is 20.1 Å². The zero-order chi connectivity index (χ0) is 15.2. The highest BCUT2D eigenvalue weighted by Gasteiger charge is 2.23. The second-order valence-corrected chi connectivity index (χ2v) is 4.98. The lowest BCUT2D eigenvalue weighted by molar-refractivity contribution is -0.137. The smallest absolute Gasteiger partial charge is 0.323 e. The molecule has 0 atom stereocenters. The molecule has 1 aromatic carbocycles. The van der Waals surface area contributed by atoms with Gasteiger partial charge in [0.05, 0.1) is 6.61 Å². The van der Waals surface area contributed by atoms with Gasteiger partial charge in [-0.1, -0.05) is 12.1 Å². The fourth-order valence-electron chi connectivity index (χ4n) is 2.52. The fourth-order valence-corrected chi connectivity index (χ4v) is 2.52. The van der Waals surface area contributed by atoms with Crippen LogP contribution in [0, 0.1) is 0 Å². The zero-order valence-electron chi connectivity index (χ0n) is 12.1. The summed E-state index contributed by atoms with van der Waals surface area (Å²) in [4.78, 5) is 24.9. The molecule has 0 saturated heterocycles. The van der Waals surface area contributed by atoms with Gasteiger partial charge in [-0.05, 0) is 30.2 Å². The molecule has 1 aliphatic heterocycles. The van der Waals surface area contributed by atoms with Crippen LogP contribution in [-0.4, -0.2) is 55.2 Å². The molecule has 0 aliphatic carbocycles. The van der Waals surface area contributed by atoms with Gasteiger partial charge in [-0.3, -0.25) is 9.59 Å². The van der Waals surface area contributed by atoms with E-state index >= 15 is 0 Å². The van der Waals surface area contributed by atoms with Crippen molar-refractivity contribution in [3.05, 3.63) is 34.9 Å². The number of carbonyl (C=O) groups excluding carboxylic acids is 1. The van der Waals surface area contributed by atoms with Crippen LogP contribution in [0.15, 0.2) is 18.2 Å². The van der Waals surface area contributed by atoms with Gasteiger partial charge in [0.2, 0.25) is 0 Å². The maximum Gasteiger partial charge on any atom is 0.323 e. The van der Waals surface area contributed by atoms with E-state index in [1.54, 1.807) is 6.07 Å². The number of nitrogens with zero attached hydrogens (tertiary/aromatic N) is 1. The lowest BCUT2D eigenvalue weighted by Gasteiger charge is -2.24. The maximum atomic E-state index is 12.6. The molecule has 6 heteroatoms. The van der Waals surface area contributed by atoms with E-state index in [1.165, 1.54) is 12.0 Å². The molecule has 114 valence electrons. The topological polar surface area (TPSA) is 78.9 Å². The normalized spacial score (nSPS) is 13.6. The fraction of sp³-hybridized carbons (Fsp3) is 0.467. The highest BCUT2D eigenvalue weighted by Crippen LogP contribution is 2.20. The van der Waals surface area contributed by atoms with Crippen LogP contribution in [0.5, 0.6) is 0 Å². The summed E-state index contributed by atoms with van der Waals surface area (Å²) in [6.07, 6.45) is 0.780. The highest BCUT2D eigenvalue weighted by atomic mass is 16.5. The van der Waals surface area contributed by atoms with Crippen molar-refractivity contribution in [3.8, 4) is 0 Å². The van der Waals surface area contributed by atoms with Crippen molar-refractivity contribution in [1.29, 1.82) is 0 Å². The Kier molecular flexibility index (Phi) is 5.30. The Balaban J connectivity index is 2.25. The summed E-state index contributed by atoms with van der Waals surface area (Å²) < 4.78 is 4.96. The van der Waals surface area contributed by atoms with Crippen LogP contribution in [0.2, 0.25) is 0 Å². The van der Waals surface area contributed by atoms with Crippen molar-refractivity contribution in [1.82, 2.24) is 10.2 Å². The second kappa shape index (κ2) is 7.19. The number of carboxylic acid groups (broad SMARTS) is 1. The van der Waals surface area contributed by atoms with Gasteiger partial charge in [-0.15, -0.1) is 0 Å². The number of ether oxygens (including phenoxy) is 1. The van der Waals surface area contributed by atoms with Crippen LogP contribution < -0.4 is 5.32 Å². The molecule has 0 aromatic heterocycles. The summed E-state index contributed by atoms with van der Waals surface area (Å²) in [7, 11) is 1.53. The SMILES string of the molecule is COCCN(CC(=O)O)C(=O)c1cccc2c1CCNC2. The van der Waals surface area contributed by atoms with Gasteiger partial charge in [-0.25, -0.2) is 0 Å². The van der Waals surface area contributed by atoms with Crippen molar-refractivity contribution in [2.24, 2.45) is 0 Å². The monoisotopic (exact) mass is 292 g/mol. The zero-order valence-corrected chi connectivity index (χ0v) is 12.1. The van der Waals surface area contributed by atoms with Gasteiger partial charge in [0.1, 0.15) is 6.54 Å². The minimum atomic E-state index is -1.02. The van der Waals surface area contributed by atoms with Gasteiger partial charge in [0, 0.05) is 25.8 Å². The summed E-state index contributed by atoms with van der Waals surface area (Å²) in [5.41, 5.74) is 2.73. The number of amides is 1. The third kappa shape index (κ3) is 3.80. The molecule has 0 saturated carbocycles. The predicted molar refractivity (Wildman–Crippen MR) is 77.3 cm³/mol. The minimum absolute atomic E-state index is 0.242. The summed E-state index contributed by atoms with van der Waals surface area (Å²) in [6.45, 7) is 1.84. The molecular formula is C15H20N2O4. The average Bonchev–Trinajstić information content (AvgIpc) is 2.50. The number of fused-ring (bicyclic) bond motifs is 1. The third-order valence-corrected chi connectivity index (χ3v) is 3.55. The Morgan fingerprint density at radius 3 is 2.95 bits per heavy atom. The lowest BCUT2D eigenvalue weighted by atomic mass is 9.95. The molecule has 0 spiro atoms. The van der Waals surface area contributed by atoms with Crippen molar-refractivity contribution >= 4 is 11.9 Å². The Labute approximate surface area is 123 Å². The third-order valence-electron chi connectivity index (χ3n) is 3.55. The number of carbonyl (C=O) groups is 2. The van der Waals surface area contributed by atoms with Crippen LogP contribution in [-0.2, 0) is 22.5 Å². The molecular weight excluding hydrogens is 272 g/mol. The number of hydrogen-bond donors (Lipinski definition) is 2. The van der Waals surface area contributed by atoms with E-state index < -0.39 is 5.97 Å². The molecule has 1 amide bonds. The Morgan fingerprint density at radius 2 is 2.24 bits per heavy atom. The summed E-state index contributed by atoms with van der Waals surface area (Å²) in [6, 6.07) is 5.61. The van der Waals surface area contributed by atoms with Crippen LogP contribution in [0.3, 0.4) is 0 Å². The summed E-state index contributed by atoms with van der Waals surface area (Å²) >= 11 is 0. The molecule has 1 aliphatic rings. The molecule has 0 unspecified atom stereocenters. The maximum absolute atomic E-state index is 12.6. The predicted octanol–water partition coefficient (Wildman–Crippen LogP) is 0.505. The molecule has 21 heavy (non-hydrogen) atoms. The first-order chi connectivity index (χ1) is 10.1. The van der Waals surface area contributed by atoms with E-state index in [0.717, 1.165) is 30.6 Å². The standard InChI is InChI=1S/C15H20N2O4/c1-21-8-7-17(10-14(18)19)15(20)13-4-2-3-11-9-16-6-5-12(11)13/h2-4,16H,5-10H2,1H3,(H,18,19). The number of rotatable bonds is 6. The number of hydrogen-bond acceptors (Lipinski definition) is 4. The van der Waals surface area contributed by atoms with Crippen LogP contribution in [0.1, 0.15) is 21.5 Å². The van der Waals surface area contributed by atoms with Gasteiger partial charge in [-0.2, -0.15) is 0 Å². The Bertz CT molecular complexity index is 530. The van der Waals surface area contributed by atoms with Crippen molar-refractivity contribution in [2.45, 2.75) is 13.0 Å². The molecule has 1 aromatic rings. The van der Waals surface area contributed by atoms with E-state index in [0.29, 0.717) is 12.2 Å². The number of aliphatic carboxylic acids is 1. The summed E-state index contributed by atoms with van der Waals surface area (Å²) in [5.74, 6) is -1.26. The van der Waals surface area contributed by atoms with Gasteiger partial charge in [0.15, 0.2) is 0 Å². The molecule has 0 radical (unpaired) electrons. The van der Waals surface area contributed by atoms with Crippen LogP contribution >= 0.6 is 0 Å². The molecule has 6 nitrogen and oxygen atoms in total. The van der Waals surface area contributed by atoms with E-state index in [1.807, 2.05) is 12.1 Å². The molecule has 1 heterocycles. The quantitative estimate of drug-likeness (QED) is 0.798. The summed E-state index contributed by atoms with van der Waals surface area (Å²) in [5, 5.41) is 12.2. The first-order valence-electron chi connectivity index (χ1n) is 6.95. The van der Waals surface area contributed by atoms with Crippen LogP contribution in [0.4, 0.5) is 0 Å². The largest absolute Gasteiger partial charge is 0.480 e. The molecule has 0 fully saturated rings. The first kappa shape index (κ1) is 15.5. The van der Waals surface area contributed by atoms with Crippen LogP contribution in [0.25, 0.3) is 0 Å². The highest BCUT2D eigenvalue weighted by molar-refractivity contribution is 5.97. The van der Waals surface area contributed by atoms with E-state index in [4.69, 9.17) is 9.84 Å². The lowest BCUT2D eigenvalue weighted by Crippen LogP contribution is -2.39. The number of benzene rings is 1. The first-order valence-corrected chi connectivity index (χ1v) is 6.95. The van der Waals surface area contributed by atoms with E-state index in [9.17, 15) is 9.59 Å². The van der Waals surface area contributed by atoms with E-state index in [2.05, 4.69) is 5.32 Å². The molecule has 2 N–H and O–H groups in total. The Morgan fingerprint density at radius 1 is 1.43 bits per heavy atom.